The van der Waals surface area contributed by atoms with E-state index in [0.717, 1.165) is 13.0 Å². The zero-order chi connectivity index (χ0) is 12.4. The smallest absolute Gasteiger partial charge is 0.0492 e. The van der Waals surface area contributed by atoms with Crippen LogP contribution < -0.4 is 5.32 Å². The van der Waals surface area contributed by atoms with Gasteiger partial charge in [-0.2, -0.15) is 5.10 Å². The summed E-state index contributed by atoms with van der Waals surface area (Å²) in [6.07, 6.45) is 2.82. The second-order valence-electron chi connectivity index (χ2n) is 4.30. The molecule has 0 bridgehead atoms. The summed E-state index contributed by atoms with van der Waals surface area (Å²) in [7, 11) is 1.98. The molecule has 2 heterocycles. The van der Waals surface area contributed by atoms with E-state index >= 15 is 0 Å². The lowest BCUT2D eigenvalue weighted by molar-refractivity contribution is 0.711. The Kier molecular flexibility index (Phi) is 3.02. The van der Waals surface area contributed by atoms with Crippen LogP contribution in [0.2, 0.25) is 0 Å². The number of hydrogen-bond donors (Lipinski definition) is 1. The van der Waals surface area contributed by atoms with Crippen molar-refractivity contribution >= 4 is 27.1 Å². The van der Waals surface area contributed by atoms with Crippen LogP contribution in [-0.2, 0) is 13.5 Å². The van der Waals surface area contributed by atoms with E-state index in [1.54, 1.807) is 11.3 Å². The summed E-state index contributed by atoms with van der Waals surface area (Å²) in [5, 5.41) is 11.1. The number of aromatic nitrogens is 2. The van der Waals surface area contributed by atoms with Crippen LogP contribution in [-0.4, -0.2) is 16.3 Å². The molecule has 3 aromatic rings. The van der Waals surface area contributed by atoms with Crippen molar-refractivity contribution < 1.29 is 0 Å². The summed E-state index contributed by atoms with van der Waals surface area (Å²) in [6, 6.07) is 10.7. The molecule has 0 aliphatic carbocycles. The first-order valence-corrected chi connectivity index (χ1v) is 6.89. The van der Waals surface area contributed by atoms with Gasteiger partial charge in [-0.05, 0) is 41.1 Å². The van der Waals surface area contributed by atoms with Gasteiger partial charge in [-0.15, -0.1) is 11.3 Å². The standard InChI is InChI=1S/C14H15N3S/c1-17-13(5-8-16-17)4-7-15-12-2-3-14-11(10-12)6-9-18-14/h2-3,5-6,8-10,15H,4,7H2,1H3. The van der Waals surface area contributed by atoms with Crippen LogP contribution in [0.3, 0.4) is 0 Å². The quantitative estimate of drug-likeness (QED) is 0.777. The summed E-state index contributed by atoms with van der Waals surface area (Å²) in [5.74, 6) is 0. The third-order valence-electron chi connectivity index (χ3n) is 3.09. The summed E-state index contributed by atoms with van der Waals surface area (Å²) in [5.41, 5.74) is 2.43. The zero-order valence-electron chi connectivity index (χ0n) is 10.3. The van der Waals surface area contributed by atoms with E-state index in [1.165, 1.54) is 21.5 Å². The highest BCUT2D eigenvalue weighted by molar-refractivity contribution is 7.17. The molecule has 3 rings (SSSR count). The Hall–Kier alpha value is -1.81. The summed E-state index contributed by atoms with van der Waals surface area (Å²) in [6.45, 7) is 0.926. The van der Waals surface area contributed by atoms with Gasteiger partial charge in [-0.3, -0.25) is 4.68 Å². The van der Waals surface area contributed by atoms with Gasteiger partial charge >= 0.3 is 0 Å². The first-order chi connectivity index (χ1) is 8.83. The molecule has 1 aromatic carbocycles. The Morgan fingerprint density at radius 2 is 2.22 bits per heavy atom. The fourth-order valence-electron chi connectivity index (χ4n) is 2.06. The van der Waals surface area contributed by atoms with Crippen LogP contribution >= 0.6 is 11.3 Å². The topological polar surface area (TPSA) is 29.9 Å². The van der Waals surface area contributed by atoms with Crippen LogP contribution in [0.4, 0.5) is 5.69 Å². The molecule has 0 unspecified atom stereocenters. The molecule has 4 heteroatoms. The van der Waals surface area contributed by atoms with E-state index in [2.05, 4.69) is 46.1 Å². The molecule has 18 heavy (non-hydrogen) atoms. The highest BCUT2D eigenvalue weighted by atomic mass is 32.1. The molecule has 92 valence electrons. The second kappa shape index (κ2) is 4.82. The first kappa shape index (κ1) is 11.3. The maximum absolute atomic E-state index is 4.17. The predicted octanol–water partition coefficient (Wildman–Crippen LogP) is 3.29. The molecule has 3 nitrogen and oxygen atoms in total. The molecule has 0 fully saturated rings. The Morgan fingerprint density at radius 3 is 3.06 bits per heavy atom. The van der Waals surface area contributed by atoms with Crippen LogP contribution in [0, 0.1) is 0 Å². The largest absolute Gasteiger partial charge is 0.385 e. The van der Waals surface area contributed by atoms with Crippen molar-refractivity contribution in [2.75, 3.05) is 11.9 Å². The van der Waals surface area contributed by atoms with Gasteiger partial charge in [0.15, 0.2) is 0 Å². The minimum atomic E-state index is 0.926. The van der Waals surface area contributed by atoms with Crippen molar-refractivity contribution in [1.82, 2.24) is 9.78 Å². The van der Waals surface area contributed by atoms with Gasteiger partial charge in [-0.25, -0.2) is 0 Å². The average molecular weight is 257 g/mol. The number of rotatable bonds is 4. The van der Waals surface area contributed by atoms with Gasteiger partial charge < -0.3 is 5.32 Å². The molecule has 0 aliphatic heterocycles. The number of hydrogen-bond acceptors (Lipinski definition) is 3. The summed E-state index contributed by atoms with van der Waals surface area (Å²) in [4.78, 5) is 0. The molecule has 2 aromatic heterocycles. The Balaban J connectivity index is 1.64. The fourth-order valence-corrected chi connectivity index (χ4v) is 2.83. The average Bonchev–Trinajstić information content (AvgIpc) is 2.98. The Labute approximate surface area is 110 Å². The van der Waals surface area contributed by atoms with Crippen LogP contribution in [0.1, 0.15) is 5.69 Å². The summed E-state index contributed by atoms with van der Waals surface area (Å²) >= 11 is 1.78. The molecule has 1 N–H and O–H groups in total. The van der Waals surface area contributed by atoms with Crippen molar-refractivity contribution in [3.63, 3.8) is 0 Å². The molecule has 0 saturated heterocycles. The minimum absolute atomic E-state index is 0.926. The summed E-state index contributed by atoms with van der Waals surface area (Å²) < 4.78 is 3.26. The number of aryl methyl sites for hydroxylation is 1. The van der Waals surface area contributed by atoms with Gasteiger partial charge in [-0.1, -0.05) is 0 Å². The number of nitrogens with one attached hydrogen (secondary N) is 1. The maximum Gasteiger partial charge on any atom is 0.0492 e. The lowest BCUT2D eigenvalue weighted by Crippen LogP contribution is -2.08. The van der Waals surface area contributed by atoms with E-state index in [0.29, 0.717) is 0 Å². The van der Waals surface area contributed by atoms with E-state index < -0.39 is 0 Å². The normalized spacial score (nSPS) is 10.9. The van der Waals surface area contributed by atoms with Crippen molar-refractivity contribution in [2.45, 2.75) is 6.42 Å². The van der Waals surface area contributed by atoms with E-state index in [4.69, 9.17) is 0 Å². The fraction of sp³-hybridized carbons (Fsp3) is 0.214. The molecular weight excluding hydrogens is 242 g/mol. The Bertz CT molecular complexity index is 654. The number of thiophene rings is 1. The van der Waals surface area contributed by atoms with E-state index in [9.17, 15) is 0 Å². The SMILES string of the molecule is Cn1nccc1CCNc1ccc2sccc2c1. The van der Waals surface area contributed by atoms with Crippen molar-refractivity contribution in [3.8, 4) is 0 Å². The van der Waals surface area contributed by atoms with Crippen molar-refractivity contribution in [1.29, 1.82) is 0 Å². The molecule has 0 aliphatic rings. The maximum atomic E-state index is 4.17. The number of nitrogens with zero attached hydrogens (tertiary/aromatic N) is 2. The second-order valence-corrected chi connectivity index (χ2v) is 5.24. The zero-order valence-corrected chi connectivity index (χ0v) is 11.1. The lowest BCUT2D eigenvalue weighted by Gasteiger charge is -2.06. The number of anilines is 1. The first-order valence-electron chi connectivity index (χ1n) is 6.01. The van der Waals surface area contributed by atoms with Crippen molar-refractivity contribution in [2.24, 2.45) is 7.05 Å². The van der Waals surface area contributed by atoms with Gasteiger partial charge in [0.1, 0.15) is 0 Å². The highest BCUT2D eigenvalue weighted by Crippen LogP contribution is 2.23. The van der Waals surface area contributed by atoms with Crippen LogP contribution in [0.25, 0.3) is 10.1 Å². The van der Waals surface area contributed by atoms with Crippen LogP contribution in [0.15, 0.2) is 41.9 Å². The third kappa shape index (κ3) is 2.24. The highest BCUT2D eigenvalue weighted by Gasteiger charge is 1.99. The molecule has 0 saturated carbocycles. The van der Waals surface area contributed by atoms with Gasteiger partial charge in [0.05, 0.1) is 0 Å². The molecule has 0 radical (unpaired) electrons. The monoisotopic (exact) mass is 257 g/mol. The number of benzene rings is 1. The van der Waals surface area contributed by atoms with Gasteiger partial charge in [0, 0.05) is 42.3 Å². The third-order valence-corrected chi connectivity index (χ3v) is 3.98. The molecule has 0 atom stereocenters. The minimum Gasteiger partial charge on any atom is -0.385 e. The van der Waals surface area contributed by atoms with E-state index in [1.807, 2.05) is 17.9 Å². The number of fused-ring (bicyclic) bond motifs is 1. The predicted molar refractivity (Wildman–Crippen MR) is 77.2 cm³/mol. The van der Waals surface area contributed by atoms with Crippen LogP contribution in [0.5, 0.6) is 0 Å². The molecule has 0 spiro atoms. The van der Waals surface area contributed by atoms with Crippen molar-refractivity contribution in [3.05, 3.63) is 47.6 Å². The Morgan fingerprint density at radius 1 is 1.28 bits per heavy atom. The van der Waals surface area contributed by atoms with E-state index in [-0.39, 0.29) is 0 Å². The molecular formula is C14H15N3S. The van der Waals surface area contributed by atoms with Gasteiger partial charge in [0.2, 0.25) is 0 Å². The van der Waals surface area contributed by atoms with Gasteiger partial charge in [0.25, 0.3) is 0 Å². The molecule has 0 amide bonds. The lowest BCUT2D eigenvalue weighted by atomic mass is 10.2.